The minimum Gasteiger partial charge on any atom is -0.491 e. The van der Waals surface area contributed by atoms with Gasteiger partial charge in [-0.25, -0.2) is 13.2 Å². The van der Waals surface area contributed by atoms with Gasteiger partial charge in [0.2, 0.25) is 0 Å². The Kier molecular flexibility index (Phi) is 7.08. The Bertz CT molecular complexity index is 1080. The van der Waals surface area contributed by atoms with E-state index in [2.05, 4.69) is 19.1 Å². The molecular weight excluding hydrogens is 423 g/mol. The van der Waals surface area contributed by atoms with Crippen LogP contribution in [0.15, 0.2) is 54.6 Å². The van der Waals surface area contributed by atoms with Crippen LogP contribution in [0.2, 0.25) is 0 Å². The first-order valence-electron chi connectivity index (χ1n) is 11.6. The van der Waals surface area contributed by atoms with Crippen LogP contribution in [0.1, 0.15) is 50.5 Å². The van der Waals surface area contributed by atoms with Gasteiger partial charge < -0.3 is 10.5 Å². The van der Waals surface area contributed by atoms with Crippen LogP contribution in [0.3, 0.4) is 0 Å². The Labute approximate surface area is 193 Å². The lowest BCUT2D eigenvalue weighted by Crippen LogP contribution is -2.32. The van der Waals surface area contributed by atoms with Gasteiger partial charge in [-0.15, -0.1) is 0 Å². The molecule has 0 radical (unpaired) electrons. The topological polar surface area (TPSA) is 35.2 Å². The van der Waals surface area contributed by atoms with Crippen molar-refractivity contribution in [3.8, 4) is 28.0 Å². The van der Waals surface area contributed by atoms with Crippen molar-refractivity contribution in [3.63, 3.8) is 0 Å². The van der Waals surface area contributed by atoms with Crippen molar-refractivity contribution in [1.29, 1.82) is 0 Å². The first-order chi connectivity index (χ1) is 15.9. The molecule has 4 rings (SSSR count). The smallest absolute Gasteiger partial charge is 0.190 e. The van der Waals surface area contributed by atoms with Gasteiger partial charge in [-0.05, 0) is 84.4 Å². The van der Waals surface area contributed by atoms with Crippen molar-refractivity contribution in [2.24, 2.45) is 11.7 Å². The summed E-state index contributed by atoms with van der Waals surface area (Å²) in [5, 5.41) is 0. The lowest BCUT2D eigenvalue weighted by atomic mass is 9.75. The minimum absolute atomic E-state index is 0.128. The zero-order chi connectivity index (χ0) is 23.5. The first-order valence-corrected chi connectivity index (χ1v) is 11.6. The number of hydrogen-bond acceptors (Lipinski definition) is 2. The molecule has 1 aliphatic rings. The first kappa shape index (κ1) is 23.4. The molecule has 1 saturated carbocycles. The molecule has 1 aliphatic carbocycles. The fraction of sp³-hybridized carbons (Fsp3) is 0.357. The lowest BCUT2D eigenvalue weighted by molar-refractivity contribution is 0.277. The molecule has 3 aromatic carbocycles. The van der Waals surface area contributed by atoms with Crippen LogP contribution >= 0.6 is 0 Å². The van der Waals surface area contributed by atoms with Crippen molar-refractivity contribution in [1.82, 2.24) is 0 Å². The monoisotopic (exact) mass is 453 g/mol. The van der Waals surface area contributed by atoms with Crippen LogP contribution in [0.4, 0.5) is 13.2 Å². The molecule has 0 amide bonds. The Morgan fingerprint density at radius 2 is 1.39 bits per heavy atom. The van der Waals surface area contributed by atoms with Crippen molar-refractivity contribution in [2.45, 2.75) is 51.0 Å². The molecule has 1 atom stereocenters. The quantitative estimate of drug-likeness (QED) is 0.420. The maximum atomic E-state index is 14.9. The molecule has 2 N–H and O–H groups in total. The highest BCUT2D eigenvalue weighted by molar-refractivity contribution is 5.71. The molecule has 0 bridgehead atoms. The van der Waals surface area contributed by atoms with Gasteiger partial charge in [-0.3, -0.25) is 0 Å². The van der Waals surface area contributed by atoms with E-state index in [4.69, 9.17) is 10.5 Å². The molecule has 1 fully saturated rings. The summed E-state index contributed by atoms with van der Waals surface area (Å²) in [6.45, 7) is 2.15. The molecule has 5 heteroatoms. The maximum absolute atomic E-state index is 14.9. The number of nitrogens with two attached hydrogens (primary N) is 1. The molecule has 0 saturated heterocycles. The Balaban J connectivity index is 1.50. The maximum Gasteiger partial charge on any atom is 0.190 e. The van der Waals surface area contributed by atoms with Crippen molar-refractivity contribution >= 4 is 0 Å². The molecule has 0 heterocycles. The number of benzene rings is 3. The van der Waals surface area contributed by atoms with E-state index in [1.807, 2.05) is 12.1 Å². The zero-order valence-corrected chi connectivity index (χ0v) is 19.1. The summed E-state index contributed by atoms with van der Waals surface area (Å²) < 4.78 is 47.7. The summed E-state index contributed by atoms with van der Waals surface area (Å²) >= 11 is 0. The molecule has 1 unspecified atom stereocenters. The summed E-state index contributed by atoms with van der Waals surface area (Å²) in [5.74, 6) is -1.57. The molecular formula is C28H30F3NO. The summed E-state index contributed by atoms with van der Waals surface area (Å²) in [6.07, 6.45) is 5.66. The van der Waals surface area contributed by atoms with E-state index in [1.165, 1.54) is 31.6 Å². The second-order valence-corrected chi connectivity index (χ2v) is 8.97. The highest BCUT2D eigenvalue weighted by Crippen LogP contribution is 2.38. The number of methoxy groups -OCH3 is 1. The third-order valence-corrected chi connectivity index (χ3v) is 7.05. The predicted molar refractivity (Wildman–Crippen MR) is 127 cm³/mol. The number of hydrogen-bond donors (Lipinski definition) is 1. The number of halogens is 3. The van der Waals surface area contributed by atoms with E-state index in [0.717, 1.165) is 42.5 Å². The van der Waals surface area contributed by atoms with Gasteiger partial charge in [0.1, 0.15) is 5.82 Å². The third kappa shape index (κ3) is 4.93. The molecule has 0 aliphatic heterocycles. The molecule has 174 valence electrons. The molecule has 2 nitrogen and oxygen atoms in total. The molecule has 33 heavy (non-hydrogen) atoms. The van der Waals surface area contributed by atoms with Gasteiger partial charge in [0.15, 0.2) is 17.4 Å². The zero-order valence-electron chi connectivity index (χ0n) is 19.1. The van der Waals surface area contributed by atoms with Gasteiger partial charge >= 0.3 is 0 Å². The standard InChI is InChI=1S/C28H30F3NO/c1-3-27(32)20-10-8-18(9-11-20)17-4-6-19(7-5-17)21-12-13-23(24(29)14-21)22-15-25(30)28(33-2)26(31)16-22/h4-7,12-16,18,20,27H,3,8-11,32H2,1-2H3. The van der Waals surface area contributed by atoms with Crippen LogP contribution in [0, 0.1) is 23.4 Å². The van der Waals surface area contributed by atoms with Gasteiger partial charge in [0.05, 0.1) is 7.11 Å². The van der Waals surface area contributed by atoms with Crippen molar-refractivity contribution in [2.75, 3.05) is 7.11 Å². The van der Waals surface area contributed by atoms with E-state index >= 15 is 0 Å². The van der Waals surface area contributed by atoms with Gasteiger partial charge in [0.25, 0.3) is 0 Å². The van der Waals surface area contributed by atoms with Crippen LogP contribution in [0.5, 0.6) is 5.75 Å². The van der Waals surface area contributed by atoms with Crippen LogP contribution in [0.25, 0.3) is 22.3 Å². The summed E-state index contributed by atoms with van der Waals surface area (Å²) in [5.41, 5.74) is 9.42. The largest absolute Gasteiger partial charge is 0.491 e. The Hall–Kier alpha value is -2.79. The lowest BCUT2D eigenvalue weighted by Gasteiger charge is -2.32. The minimum atomic E-state index is -0.864. The van der Waals surface area contributed by atoms with E-state index in [9.17, 15) is 13.2 Å². The van der Waals surface area contributed by atoms with Crippen molar-refractivity contribution < 1.29 is 17.9 Å². The highest BCUT2D eigenvalue weighted by atomic mass is 19.1. The number of rotatable bonds is 6. The van der Waals surface area contributed by atoms with Gasteiger partial charge in [-0.2, -0.15) is 0 Å². The number of ether oxygens (including phenoxy) is 1. The molecule has 3 aromatic rings. The summed E-state index contributed by atoms with van der Waals surface area (Å²) in [6, 6.07) is 15.5. The average molecular weight is 454 g/mol. The normalized spacial score (nSPS) is 19.3. The van der Waals surface area contributed by atoms with Crippen LogP contribution in [-0.2, 0) is 0 Å². The summed E-state index contributed by atoms with van der Waals surface area (Å²) in [7, 11) is 1.19. The molecule has 0 spiro atoms. The average Bonchev–Trinajstić information content (AvgIpc) is 2.83. The van der Waals surface area contributed by atoms with Crippen LogP contribution < -0.4 is 10.5 Å². The van der Waals surface area contributed by atoms with Crippen LogP contribution in [-0.4, -0.2) is 13.2 Å². The predicted octanol–water partition coefficient (Wildman–Crippen LogP) is 7.46. The van der Waals surface area contributed by atoms with E-state index in [0.29, 0.717) is 17.9 Å². The third-order valence-electron chi connectivity index (χ3n) is 7.05. The fourth-order valence-corrected chi connectivity index (χ4v) is 5.00. The van der Waals surface area contributed by atoms with E-state index in [1.54, 1.807) is 12.1 Å². The summed E-state index contributed by atoms with van der Waals surface area (Å²) in [4.78, 5) is 0. The fourth-order valence-electron chi connectivity index (χ4n) is 5.00. The van der Waals surface area contributed by atoms with Crippen molar-refractivity contribution in [3.05, 3.63) is 77.6 Å². The second kappa shape index (κ2) is 10.0. The second-order valence-electron chi connectivity index (χ2n) is 8.97. The van der Waals surface area contributed by atoms with E-state index < -0.39 is 23.2 Å². The SMILES string of the molecule is CCC(N)C1CCC(c2ccc(-c3ccc(-c4cc(F)c(OC)c(F)c4)c(F)c3)cc2)CC1. The van der Waals surface area contributed by atoms with Gasteiger partial charge in [0, 0.05) is 11.6 Å². The Morgan fingerprint density at radius 1 is 0.818 bits per heavy atom. The highest BCUT2D eigenvalue weighted by Gasteiger charge is 2.25. The Morgan fingerprint density at radius 3 is 1.94 bits per heavy atom. The molecule has 0 aromatic heterocycles. The van der Waals surface area contributed by atoms with Gasteiger partial charge in [-0.1, -0.05) is 43.3 Å². The van der Waals surface area contributed by atoms with E-state index in [-0.39, 0.29) is 11.1 Å².